The highest BCUT2D eigenvalue weighted by Crippen LogP contribution is 2.20. The van der Waals surface area contributed by atoms with Crippen molar-refractivity contribution >= 4 is 23.4 Å². The zero-order valence-electron chi connectivity index (χ0n) is 12.6. The van der Waals surface area contributed by atoms with Crippen LogP contribution in [0.3, 0.4) is 0 Å². The van der Waals surface area contributed by atoms with E-state index in [2.05, 4.69) is 15.5 Å². The predicted molar refractivity (Wildman–Crippen MR) is 84.8 cm³/mol. The summed E-state index contributed by atoms with van der Waals surface area (Å²) in [5, 5.41) is 19.7. The van der Waals surface area contributed by atoms with Crippen LogP contribution in [0.5, 0.6) is 0 Å². The number of rotatable bonds is 6. The van der Waals surface area contributed by atoms with E-state index in [9.17, 15) is 19.3 Å². The van der Waals surface area contributed by atoms with Gasteiger partial charge in [0.15, 0.2) is 0 Å². The highest BCUT2D eigenvalue weighted by Gasteiger charge is 2.26. The van der Waals surface area contributed by atoms with Crippen LogP contribution in [0.1, 0.15) is 27.3 Å². The van der Waals surface area contributed by atoms with Gasteiger partial charge in [0, 0.05) is 12.3 Å². The molecule has 9 heteroatoms. The molecule has 0 radical (unpaired) electrons. The second-order valence-electron chi connectivity index (χ2n) is 4.83. The van der Waals surface area contributed by atoms with E-state index in [-0.39, 0.29) is 29.4 Å². The van der Waals surface area contributed by atoms with Crippen molar-refractivity contribution in [3.05, 3.63) is 56.6 Å². The summed E-state index contributed by atoms with van der Waals surface area (Å²) in [5.74, 6) is -0.395. The highest BCUT2D eigenvalue weighted by molar-refractivity contribution is 7.97. The molecule has 0 atom stereocenters. The zero-order chi connectivity index (χ0) is 17.0. The average molecular weight is 338 g/mol. The number of carbonyl (C=O) groups excluding carboxylic acids is 1. The monoisotopic (exact) mass is 338 g/mol. The van der Waals surface area contributed by atoms with Gasteiger partial charge in [-0.25, -0.2) is 4.39 Å². The summed E-state index contributed by atoms with van der Waals surface area (Å²) in [7, 11) is 0. The number of aromatic nitrogens is 2. The van der Waals surface area contributed by atoms with Gasteiger partial charge >= 0.3 is 5.69 Å². The van der Waals surface area contributed by atoms with E-state index in [1.165, 1.54) is 30.8 Å². The predicted octanol–water partition coefficient (Wildman–Crippen LogP) is 2.56. The molecule has 23 heavy (non-hydrogen) atoms. The van der Waals surface area contributed by atoms with E-state index < -0.39 is 10.8 Å². The number of amides is 1. The Morgan fingerprint density at radius 2 is 2.22 bits per heavy atom. The first kappa shape index (κ1) is 16.9. The number of benzene rings is 1. The number of aryl methyl sites for hydroxylation is 1. The molecule has 2 aromatic rings. The Bertz CT molecular complexity index is 748. The lowest BCUT2D eigenvalue weighted by atomic mass is 10.1. The minimum absolute atomic E-state index is 0.137. The van der Waals surface area contributed by atoms with Gasteiger partial charge in [-0.1, -0.05) is 6.07 Å². The van der Waals surface area contributed by atoms with Crippen molar-refractivity contribution in [3.8, 4) is 0 Å². The van der Waals surface area contributed by atoms with Crippen LogP contribution >= 0.6 is 11.8 Å². The molecule has 122 valence electrons. The van der Waals surface area contributed by atoms with Gasteiger partial charge in [0.25, 0.3) is 5.91 Å². The van der Waals surface area contributed by atoms with E-state index in [1.54, 1.807) is 6.07 Å². The third-order valence-electron chi connectivity index (χ3n) is 3.22. The number of nitro groups is 1. The molecule has 0 aliphatic rings. The van der Waals surface area contributed by atoms with Crippen LogP contribution in [-0.4, -0.2) is 27.3 Å². The van der Waals surface area contributed by atoms with E-state index >= 15 is 0 Å². The number of carbonyl (C=O) groups is 1. The number of aromatic amines is 1. The fourth-order valence-corrected chi connectivity index (χ4v) is 2.70. The maximum absolute atomic E-state index is 13.3. The number of halogens is 1. The molecule has 1 amide bonds. The molecule has 2 N–H and O–H groups in total. The Hall–Kier alpha value is -2.42. The molecule has 1 aromatic carbocycles. The van der Waals surface area contributed by atoms with E-state index in [0.717, 1.165) is 11.1 Å². The molecular weight excluding hydrogens is 323 g/mol. The highest BCUT2D eigenvalue weighted by atomic mass is 32.2. The maximum Gasteiger partial charge on any atom is 0.322 e. The Labute approximate surface area is 135 Å². The lowest BCUT2D eigenvalue weighted by molar-refractivity contribution is -0.385. The van der Waals surface area contributed by atoms with Crippen molar-refractivity contribution in [3.63, 3.8) is 0 Å². The lowest BCUT2D eigenvalue weighted by Crippen LogP contribution is -2.24. The first-order chi connectivity index (χ1) is 10.9. The van der Waals surface area contributed by atoms with Crippen molar-refractivity contribution in [2.24, 2.45) is 0 Å². The normalized spacial score (nSPS) is 10.6. The van der Waals surface area contributed by atoms with Crippen molar-refractivity contribution in [2.45, 2.75) is 19.2 Å². The average Bonchev–Trinajstić information content (AvgIpc) is 2.88. The van der Waals surface area contributed by atoms with Crippen LogP contribution < -0.4 is 5.32 Å². The quantitative estimate of drug-likeness (QED) is 0.623. The number of hydrogen-bond donors (Lipinski definition) is 2. The molecular formula is C14H15FN4O3S. The molecule has 0 fully saturated rings. The van der Waals surface area contributed by atoms with Crippen LogP contribution in [0.4, 0.5) is 10.1 Å². The van der Waals surface area contributed by atoms with Gasteiger partial charge in [0.2, 0.25) is 5.69 Å². The van der Waals surface area contributed by atoms with Crippen LogP contribution in [0.2, 0.25) is 0 Å². The summed E-state index contributed by atoms with van der Waals surface area (Å²) >= 11 is 1.53. The van der Waals surface area contributed by atoms with Gasteiger partial charge in [-0.3, -0.25) is 20.0 Å². The summed E-state index contributed by atoms with van der Waals surface area (Å²) in [5.41, 5.74) is 1.13. The van der Waals surface area contributed by atoms with E-state index in [0.29, 0.717) is 5.75 Å². The van der Waals surface area contributed by atoms with Crippen molar-refractivity contribution in [2.75, 3.05) is 6.26 Å². The number of thioether (sulfide) groups is 1. The van der Waals surface area contributed by atoms with E-state index in [1.807, 2.05) is 6.26 Å². The summed E-state index contributed by atoms with van der Waals surface area (Å²) in [6.07, 6.45) is 1.89. The Morgan fingerprint density at radius 1 is 1.48 bits per heavy atom. The van der Waals surface area contributed by atoms with E-state index in [4.69, 9.17) is 0 Å². The molecule has 1 heterocycles. The minimum atomic E-state index is -0.652. The topological polar surface area (TPSA) is 101 Å². The van der Waals surface area contributed by atoms with Gasteiger partial charge in [-0.15, -0.1) is 0 Å². The number of nitrogens with zero attached hydrogens (tertiary/aromatic N) is 2. The van der Waals surface area contributed by atoms with Crippen molar-refractivity contribution < 1.29 is 14.1 Å². The molecule has 7 nitrogen and oxygen atoms in total. The number of nitrogens with one attached hydrogen (secondary N) is 2. The molecule has 0 aliphatic carbocycles. The van der Waals surface area contributed by atoms with Gasteiger partial charge in [0.05, 0.1) is 4.92 Å². The summed E-state index contributed by atoms with van der Waals surface area (Å²) in [4.78, 5) is 22.4. The third kappa shape index (κ3) is 3.86. The molecule has 0 spiro atoms. The number of hydrogen-bond acceptors (Lipinski definition) is 5. The van der Waals surface area contributed by atoms with Crippen LogP contribution in [0.15, 0.2) is 18.2 Å². The molecule has 0 bridgehead atoms. The zero-order valence-corrected chi connectivity index (χ0v) is 13.4. The molecule has 2 rings (SSSR count). The van der Waals surface area contributed by atoms with Gasteiger partial charge < -0.3 is 5.32 Å². The second-order valence-corrected chi connectivity index (χ2v) is 5.70. The first-order valence-corrected chi connectivity index (χ1v) is 8.07. The van der Waals surface area contributed by atoms with Gasteiger partial charge in [-0.2, -0.15) is 16.9 Å². The second kappa shape index (κ2) is 7.23. The summed E-state index contributed by atoms with van der Waals surface area (Å²) < 4.78 is 13.3. The van der Waals surface area contributed by atoms with Crippen LogP contribution in [0, 0.1) is 22.9 Å². The summed E-state index contributed by atoms with van der Waals surface area (Å²) in [6.45, 7) is 1.61. The van der Waals surface area contributed by atoms with Crippen LogP contribution in [-0.2, 0) is 12.3 Å². The molecule has 0 saturated heterocycles. The fourth-order valence-electron chi connectivity index (χ4n) is 2.12. The van der Waals surface area contributed by atoms with Crippen molar-refractivity contribution in [1.82, 2.24) is 15.5 Å². The van der Waals surface area contributed by atoms with Gasteiger partial charge in [0.1, 0.15) is 11.5 Å². The van der Waals surface area contributed by atoms with Crippen LogP contribution in [0.25, 0.3) is 0 Å². The Morgan fingerprint density at radius 3 is 2.87 bits per heavy atom. The van der Waals surface area contributed by atoms with Crippen molar-refractivity contribution in [1.29, 1.82) is 0 Å². The minimum Gasteiger partial charge on any atom is -0.346 e. The smallest absolute Gasteiger partial charge is 0.322 e. The molecule has 1 aromatic heterocycles. The largest absolute Gasteiger partial charge is 0.346 e. The molecule has 0 unspecified atom stereocenters. The Kier molecular flexibility index (Phi) is 5.32. The third-order valence-corrected chi connectivity index (χ3v) is 3.82. The SMILES string of the molecule is CSCc1cc(F)ccc1CNC(=O)c1n[nH]c(C)c1[N+](=O)[O-]. The standard InChI is InChI=1S/C14H15FN4O3S/c1-8-13(19(21)22)12(18-17-8)14(20)16-6-9-3-4-11(15)5-10(9)7-23-2/h3-5H,6-7H2,1-2H3,(H,16,20)(H,17,18). The summed E-state index contributed by atoms with van der Waals surface area (Å²) in [6, 6.07) is 4.32. The first-order valence-electron chi connectivity index (χ1n) is 6.67. The Balaban J connectivity index is 2.15. The van der Waals surface area contributed by atoms with Gasteiger partial charge in [-0.05, 0) is 36.4 Å². The maximum atomic E-state index is 13.3. The fraction of sp³-hybridized carbons (Fsp3) is 0.286. The lowest BCUT2D eigenvalue weighted by Gasteiger charge is -2.09. The number of H-pyrrole nitrogens is 1. The molecule has 0 aliphatic heterocycles. The molecule has 0 saturated carbocycles.